The molecule has 1 aliphatic rings. The van der Waals surface area contributed by atoms with E-state index in [1.807, 2.05) is 24.3 Å². The number of nitrogens with zero attached hydrogens (tertiary/aromatic N) is 4. The van der Waals surface area contributed by atoms with Crippen molar-refractivity contribution in [1.82, 2.24) is 14.9 Å². The normalized spacial score (nSPS) is 15.2. The van der Waals surface area contributed by atoms with Crippen molar-refractivity contribution in [2.75, 3.05) is 42.9 Å². The van der Waals surface area contributed by atoms with E-state index in [2.05, 4.69) is 25.1 Å². The number of nitrogens with one attached hydrogen (secondary N) is 2. The van der Waals surface area contributed by atoms with Gasteiger partial charge in [-0.2, -0.15) is 0 Å². The van der Waals surface area contributed by atoms with Crippen LogP contribution < -0.4 is 10.2 Å². The van der Waals surface area contributed by atoms with Gasteiger partial charge in [0, 0.05) is 38.3 Å². The summed E-state index contributed by atoms with van der Waals surface area (Å²) in [7, 11) is 0. The number of aromatic amines is 1. The molecule has 156 valence electrons. The van der Waals surface area contributed by atoms with Crippen LogP contribution in [0.1, 0.15) is 6.42 Å². The van der Waals surface area contributed by atoms with Gasteiger partial charge in [0.2, 0.25) is 11.9 Å². The molecule has 1 amide bonds. The highest BCUT2D eigenvalue weighted by molar-refractivity contribution is 6.34. The number of non-ortho nitro benzene ring substituents is 1. The Morgan fingerprint density at radius 2 is 2.03 bits per heavy atom. The first-order valence-corrected chi connectivity index (χ1v) is 10.0. The molecule has 1 fully saturated rings. The first kappa shape index (κ1) is 20.1. The van der Waals surface area contributed by atoms with Gasteiger partial charge >= 0.3 is 0 Å². The van der Waals surface area contributed by atoms with Crippen LogP contribution in [0.2, 0.25) is 5.02 Å². The average molecular weight is 429 g/mol. The summed E-state index contributed by atoms with van der Waals surface area (Å²) < 4.78 is 0. The molecule has 1 saturated heterocycles. The van der Waals surface area contributed by atoms with Crippen LogP contribution >= 0.6 is 11.6 Å². The largest absolute Gasteiger partial charge is 0.341 e. The number of amides is 1. The number of para-hydroxylation sites is 2. The number of hydrogen-bond acceptors (Lipinski definition) is 6. The number of carbonyl (C=O) groups is 1. The molecule has 2 heterocycles. The Morgan fingerprint density at radius 3 is 2.80 bits per heavy atom. The number of hydrogen-bond donors (Lipinski definition) is 2. The van der Waals surface area contributed by atoms with Crippen LogP contribution in [-0.2, 0) is 4.79 Å². The Hall–Kier alpha value is -3.17. The lowest BCUT2D eigenvalue weighted by Gasteiger charge is -2.21. The van der Waals surface area contributed by atoms with Crippen molar-refractivity contribution in [3.05, 3.63) is 57.6 Å². The topological polar surface area (TPSA) is 107 Å². The van der Waals surface area contributed by atoms with Gasteiger partial charge in [-0.25, -0.2) is 4.98 Å². The molecule has 0 aliphatic carbocycles. The third kappa shape index (κ3) is 4.52. The van der Waals surface area contributed by atoms with E-state index in [9.17, 15) is 14.9 Å². The molecule has 3 aromatic rings. The molecule has 1 aromatic heterocycles. The number of benzene rings is 2. The molecule has 0 atom stereocenters. The molecule has 2 aromatic carbocycles. The Bertz CT molecular complexity index is 1050. The van der Waals surface area contributed by atoms with E-state index < -0.39 is 4.92 Å². The summed E-state index contributed by atoms with van der Waals surface area (Å²) in [6.45, 7) is 3.34. The zero-order valence-electron chi connectivity index (χ0n) is 16.2. The molecular weight excluding hydrogens is 408 g/mol. The van der Waals surface area contributed by atoms with Gasteiger partial charge in [-0.1, -0.05) is 23.7 Å². The summed E-state index contributed by atoms with van der Waals surface area (Å²) in [6, 6.07) is 11.9. The second kappa shape index (κ2) is 8.68. The number of carbonyl (C=O) groups excluding carboxylic acids is 1. The van der Waals surface area contributed by atoms with Crippen LogP contribution in [0.25, 0.3) is 11.0 Å². The molecule has 0 radical (unpaired) electrons. The lowest BCUT2D eigenvalue weighted by atomic mass is 10.2. The first-order valence-electron chi connectivity index (χ1n) is 9.65. The van der Waals surface area contributed by atoms with Crippen LogP contribution in [0.5, 0.6) is 0 Å². The molecule has 10 heteroatoms. The third-order valence-electron chi connectivity index (χ3n) is 5.07. The summed E-state index contributed by atoms with van der Waals surface area (Å²) in [5.41, 5.74) is 2.20. The lowest BCUT2D eigenvalue weighted by molar-refractivity contribution is -0.384. The smallest absolute Gasteiger partial charge is 0.271 e. The molecule has 0 saturated carbocycles. The van der Waals surface area contributed by atoms with Crippen LogP contribution in [-0.4, -0.2) is 58.4 Å². The minimum atomic E-state index is -0.525. The minimum Gasteiger partial charge on any atom is -0.341 e. The molecule has 30 heavy (non-hydrogen) atoms. The van der Waals surface area contributed by atoms with Crippen molar-refractivity contribution in [2.24, 2.45) is 0 Å². The van der Waals surface area contributed by atoms with Gasteiger partial charge in [-0.3, -0.25) is 19.8 Å². The maximum Gasteiger partial charge on any atom is 0.271 e. The number of anilines is 2. The van der Waals surface area contributed by atoms with Gasteiger partial charge in [0.25, 0.3) is 5.69 Å². The van der Waals surface area contributed by atoms with E-state index in [1.54, 1.807) is 0 Å². The molecule has 0 unspecified atom stereocenters. The molecule has 4 rings (SSSR count). The number of fused-ring (bicyclic) bond motifs is 1. The highest BCUT2D eigenvalue weighted by atomic mass is 35.5. The van der Waals surface area contributed by atoms with E-state index in [-0.39, 0.29) is 23.2 Å². The van der Waals surface area contributed by atoms with Crippen molar-refractivity contribution >= 4 is 45.9 Å². The van der Waals surface area contributed by atoms with Gasteiger partial charge in [0.05, 0.1) is 33.2 Å². The van der Waals surface area contributed by atoms with Crippen LogP contribution in [0, 0.1) is 10.1 Å². The van der Waals surface area contributed by atoms with Gasteiger partial charge in [-0.05, 0) is 24.6 Å². The second-order valence-electron chi connectivity index (χ2n) is 7.16. The van der Waals surface area contributed by atoms with Gasteiger partial charge < -0.3 is 15.2 Å². The van der Waals surface area contributed by atoms with Gasteiger partial charge in [-0.15, -0.1) is 0 Å². The third-order valence-corrected chi connectivity index (χ3v) is 5.38. The maximum absolute atomic E-state index is 12.5. The number of aromatic nitrogens is 2. The van der Waals surface area contributed by atoms with Gasteiger partial charge in [0.1, 0.15) is 0 Å². The van der Waals surface area contributed by atoms with E-state index >= 15 is 0 Å². The number of rotatable bonds is 5. The zero-order valence-corrected chi connectivity index (χ0v) is 16.9. The quantitative estimate of drug-likeness (QED) is 0.477. The summed E-state index contributed by atoms with van der Waals surface area (Å²) in [6.07, 6.45) is 0.905. The molecular formula is C20H21ClN6O3. The number of nitro benzene ring substituents is 1. The molecule has 2 N–H and O–H groups in total. The fourth-order valence-corrected chi connectivity index (χ4v) is 3.76. The van der Waals surface area contributed by atoms with Crippen molar-refractivity contribution in [2.45, 2.75) is 6.42 Å². The Morgan fingerprint density at radius 1 is 1.20 bits per heavy atom. The average Bonchev–Trinajstić information content (AvgIpc) is 3.02. The SMILES string of the molecule is O=C(CN1CCCN(c2nc3ccccc3[nH]2)CC1)Nc1ccc([N+](=O)[O-])cc1Cl. The predicted molar refractivity (Wildman–Crippen MR) is 116 cm³/mol. The summed E-state index contributed by atoms with van der Waals surface area (Å²) in [4.78, 5) is 35.0. The lowest BCUT2D eigenvalue weighted by Crippen LogP contribution is -2.36. The molecule has 1 aliphatic heterocycles. The Balaban J connectivity index is 1.34. The monoisotopic (exact) mass is 428 g/mol. The summed E-state index contributed by atoms with van der Waals surface area (Å²) >= 11 is 6.06. The van der Waals surface area contributed by atoms with E-state index in [4.69, 9.17) is 11.6 Å². The molecule has 9 nitrogen and oxygen atoms in total. The van der Waals surface area contributed by atoms with Crippen molar-refractivity contribution in [3.8, 4) is 0 Å². The van der Waals surface area contributed by atoms with Crippen LogP contribution in [0.3, 0.4) is 0 Å². The van der Waals surface area contributed by atoms with E-state index in [1.165, 1.54) is 18.2 Å². The maximum atomic E-state index is 12.5. The zero-order chi connectivity index (χ0) is 21.1. The van der Waals surface area contributed by atoms with E-state index in [0.717, 1.165) is 49.6 Å². The number of H-pyrrole nitrogens is 1. The number of halogens is 1. The first-order chi connectivity index (χ1) is 14.5. The molecule has 0 spiro atoms. The fraction of sp³-hybridized carbons (Fsp3) is 0.300. The van der Waals surface area contributed by atoms with Crippen molar-refractivity contribution < 1.29 is 9.72 Å². The highest BCUT2D eigenvalue weighted by Crippen LogP contribution is 2.26. The minimum absolute atomic E-state index is 0.115. The second-order valence-corrected chi connectivity index (χ2v) is 7.57. The van der Waals surface area contributed by atoms with Crippen LogP contribution in [0.4, 0.5) is 17.3 Å². The summed E-state index contributed by atoms with van der Waals surface area (Å²) in [5, 5.41) is 13.7. The van der Waals surface area contributed by atoms with Crippen molar-refractivity contribution in [1.29, 1.82) is 0 Å². The number of nitro groups is 1. The molecule has 0 bridgehead atoms. The predicted octanol–water partition coefficient (Wildman–Crippen LogP) is 3.28. The summed E-state index contributed by atoms with van der Waals surface area (Å²) in [5.74, 6) is 0.642. The Labute approximate surface area is 177 Å². The standard InChI is InChI=1S/C20H21ClN6O3/c21-15-12-14(27(29)30)6-7-16(15)22-19(28)13-25-8-3-9-26(11-10-25)20-23-17-4-1-2-5-18(17)24-20/h1-2,4-7,12H,3,8-11,13H2,(H,22,28)(H,23,24). The highest BCUT2D eigenvalue weighted by Gasteiger charge is 2.20. The van der Waals surface area contributed by atoms with Crippen molar-refractivity contribution in [3.63, 3.8) is 0 Å². The fourth-order valence-electron chi connectivity index (χ4n) is 3.54. The Kier molecular flexibility index (Phi) is 5.82. The number of imidazole rings is 1. The van der Waals surface area contributed by atoms with Crippen LogP contribution in [0.15, 0.2) is 42.5 Å². The van der Waals surface area contributed by atoms with E-state index in [0.29, 0.717) is 5.69 Å². The van der Waals surface area contributed by atoms with Gasteiger partial charge in [0.15, 0.2) is 0 Å².